The van der Waals surface area contributed by atoms with Gasteiger partial charge in [-0.3, -0.25) is 14.4 Å². The first-order chi connectivity index (χ1) is 26.1. The normalized spacial score (nSPS) is 16.1. The molecular formula is C40H54N2O10S2. The number of unbranched alkanes of at least 4 members (excludes halogenated alkanes) is 8. The maximum atomic E-state index is 13.3. The van der Waals surface area contributed by atoms with Gasteiger partial charge in [0.1, 0.15) is 11.9 Å². The molecule has 0 bridgehead atoms. The quantitative estimate of drug-likeness (QED) is 0.0334. The highest BCUT2D eigenvalue weighted by Crippen LogP contribution is 2.38. The Balaban J connectivity index is 0.00000122. The molecule has 0 amide bonds. The predicted octanol–water partition coefficient (Wildman–Crippen LogP) is 7.42. The van der Waals surface area contributed by atoms with E-state index in [-0.39, 0.29) is 30.4 Å². The lowest BCUT2D eigenvalue weighted by atomic mass is 9.91. The van der Waals surface area contributed by atoms with Gasteiger partial charge >= 0.3 is 5.97 Å². The number of nitrogens with zero attached hydrogens (tertiary/aromatic N) is 1. The number of nitrogens with one attached hydrogen (secondary N) is 1. The Bertz CT molecular complexity index is 1680. The fraction of sp³-hybridized carbons (Fsp3) is 0.500. The molecule has 12 nitrogen and oxygen atoms in total. The standard InChI is InChI=1S/C38H50N2O6S2.2CH2O2/c1-40(27-16-18-28(19-17-27)46-37(44)38(45,33-14-11-25-47-33)34-15-12-26-48-34)24-10-8-6-4-2-3-5-7-9-13-31(41)29-20-22-32(42)36-30(29)21-23-35(43)39-36;2*2-1-3/h11-12,14-15,20-23,25-28,31,41-42,45H,2-10,13,16-19,24H2,1H3,(H,39,43);2*1H,(H,2,3)/t27?,28?,31-;;/m0../s1. The maximum absolute atomic E-state index is 13.3. The molecule has 3 aromatic heterocycles. The molecule has 1 saturated carbocycles. The molecule has 0 radical (unpaired) electrons. The van der Waals surface area contributed by atoms with Gasteiger partial charge in [0, 0.05) is 17.5 Å². The van der Waals surface area contributed by atoms with Crippen molar-refractivity contribution in [3.63, 3.8) is 0 Å². The Morgan fingerprint density at radius 3 is 1.94 bits per heavy atom. The molecule has 1 fully saturated rings. The summed E-state index contributed by atoms with van der Waals surface area (Å²) >= 11 is 2.74. The van der Waals surface area contributed by atoms with Crippen molar-refractivity contribution in [2.24, 2.45) is 0 Å². The van der Waals surface area contributed by atoms with Crippen LogP contribution in [-0.4, -0.2) is 80.1 Å². The molecule has 1 aliphatic carbocycles. The molecule has 296 valence electrons. The van der Waals surface area contributed by atoms with Gasteiger partial charge in [-0.1, -0.05) is 69.6 Å². The number of benzene rings is 1. The fourth-order valence-corrected chi connectivity index (χ4v) is 8.67. The van der Waals surface area contributed by atoms with E-state index < -0.39 is 17.7 Å². The number of esters is 1. The first-order valence-electron chi connectivity index (χ1n) is 18.5. The molecule has 1 aromatic carbocycles. The smallest absolute Gasteiger partial charge is 0.349 e. The van der Waals surface area contributed by atoms with E-state index in [0.29, 0.717) is 33.1 Å². The molecule has 6 N–H and O–H groups in total. The highest BCUT2D eigenvalue weighted by atomic mass is 32.1. The number of ether oxygens (including phenoxy) is 1. The average Bonchev–Trinajstić information content (AvgIpc) is 3.91. The van der Waals surface area contributed by atoms with Crippen LogP contribution in [0, 0.1) is 0 Å². The van der Waals surface area contributed by atoms with Crippen molar-refractivity contribution in [3.05, 3.63) is 85.0 Å². The van der Waals surface area contributed by atoms with E-state index in [1.807, 2.05) is 22.9 Å². The van der Waals surface area contributed by atoms with Crippen LogP contribution in [0.1, 0.15) is 111 Å². The molecule has 3 heterocycles. The van der Waals surface area contributed by atoms with E-state index in [1.54, 1.807) is 24.3 Å². The lowest BCUT2D eigenvalue weighted by Crippen LogP contribution is -2.42. The first kappa shape index (κ1) is 44.3. The average molecular weight is 787 g/mol. The van der Waals surface area contributed by atoms with Gasteiger partial charge in [-0.05, 0) is 92.7 Å². The van der Waals surface area contributed by atoms with Crippen LogP contribution in [0.3, 0.4) is 0 Å². The number of thiophene rings is 2. The lowest BCUT2D eigenvalue weighted by molar-refractivity contribution is -0.169. The second kappa shape index (κ2) is 23.6. The number of rotatable bonds is 18. The molecule has 0 spiro atoms. The van der Waals surface area contributed by atoms with Crippen LogP contribution in [0.2, 0.25) is 0 Å². The number of hydrogen-bond donors (Lipinski definition) is 6. The summed E-state index contributed by atoms with van der Waals surface area (Å²) in [5.74, 6) is -0.552. The van der Waals surface area contributed by atoms with E-state index in [9.17, 15) is 24.9 Å². The van der Waals surface area contributed by atoms with Crippen molar-refractivity contribution < 1.29 is 44.7 Å². The zero-order chi connectivity index (χ0) is 39.3. The van der Waals surface area contributed by atoms with Crippen LogP contribution in [-0.2, 0) is 24.7 Å². The van der Waals surface area contributed by atoms with Crippen molar-refractivity contribution in [1.29, 1.82) is 0 Å². The summed E-state index contributed by atoms with van der Waals surface area (Å²) in [5.41, 5.74) is -0.893. The van der Waals surface area contributed by atoms with Gasteiger partial charge in [0.25, 0.3) is 12.9 Å². The van der Waals surface area contributed by atoms with Gasteiger partial charge in [0.2, 0.25) is 11.2 Å². The number of aliphatic hydroxyl groups excluding tert-OH is 1. The number of aromatic amines is 1. The number of pyridine rings is 1. The Hall–Kier alpha value is -4.08. The minimum absolute atomic E-state index is 0.0147. The second-order valence-corrected chi connectivity index (χ2v) is 15.4. The van der Waals surface area contributed by atoms with E-state index in [1.165, 1.54) is 79.8 Å². The summed E-state index contributed by atoms with van der Waals surface area (Å²) in [6.45, 7) is 0.584. The molecule has 54 heavy (non-hydrogen) atoms. The predicted molar refractivity (Wildman–Crippen MR) is 211 cm³/mol. The number of fused-ring (bicyclic) bond motifs is 1. The van der Waals surface area contributed by atoms with Gasteiger partial charge in [-0.2, -0.15) is 0 Å². The monoisotopic (exact) mass is 786 g/mol. The van der Waals surface area contributed by atoms with Gasteiger partial charge in [0.05, 0.1) is 21.4 Å². The van der Waals surface area contributed by atoms with Crippen molar-refractivity contribution in [2.45, 2.75) is 114 Å². The number of aliphatic hydroxyl groups is 2. The summed E-state index contributed by atoms with van der Waals surface area (Å²) in [4.78, 5) is 48.0. The van der Waals surface area contributed by atoms with Crippen molar-refractivity contribution >= 4 is 52.5 Å². The maximum Gasteiger partial charge on any atom is 0.349 e. The second-order valence-electron chi connectivity index (χ2n) is 13.5. The summed E-state index contributed by atoms with van der Waals surface area (Å²) < 4.78 is 5.93. The molecule has 0 saturated heterocycles. The van der Waals surface area contributed by atoms with Crippen molar-refractivity contribution in [1.82, 2.24) is 9.88 Å². The number of carbonyl (C=O) groups is 3. The number of phenols is 1. The number of carboxylic acid groups (broad SMARTS) is 2. The SMILES string of the molecule is CN(CCCCCCCCCCC[C@H](O)c1ccc(O)c2[nH]c(=O)ccc12)C1CCC(OC(=O)C(O)(c2cccs2)c2cccs2)CC1.O=CO.O=CO. The van der Waals surface area contributed by atoms with E-state index in [2.05, 4.69) is 16.9 Å². The van der Waals surface area contributed by atoms with Gasteiger partial charge in [-0.15, -0.1) is 22.7 Å². The zero-order valence-electron chi connectivity index (χ0n) is 30.8. The summed E-state index contributed by atoms with van der Waals surface area (Å²) in [6.07, 6.45) is 14.1. The summed E-state index contributed by atoms with van der Waals surface area (Å²) in [6, 6.07) is 14.1. The number of hydrogen-bond acceptors (Lipinski definition) is 11. The van der Waals surface area contributed by atoms with Crippen LogP contribution in [0.15, 0.2) is 64.1 Å². The molecule has 0 unspecified atom stereocenters. The molecule has 1 atom stereocenters. The Morgan fingerprint density at radius 1 is 0.870 bits per heavy atom. The Morgan fingerprint density at radius 2 is 1.41 bits per heavy atom. The van der Waals surface area contributed by atoms with Crippen molar-refractivity contribution in [2.75, 3.05) is 13.6 Å². The van der Waals surface area contributed by atoms with Crippen LogP contribution >= 0.6 is 22.7 Å². The molecule has 0 aliphatic heterocycles. The van der Waals surface area contributed by atoms with E-state index >= 15 is 0 Å². The molecule has 5 rings (SSSR count). The first-order valence-corrected chi connectivity index (χ1v) is 20.3. The van der Waals surface area contributed by atoms with Gasteiger partial charge < -0.3 is 40.2 Å². The number of aromatic hydroxyl groups is 1. The Kier molecular flexibility index (Phi) is 19.4. The highest BCUT2D eigenvalue weighted by Gasteiger charge is 2.45. The minimum Gasteiger partial charge on any atom is -0.506 e. The summed E-state index contributed by atoms with van der Waals surface area (Å²) in [5, 5.41) is 50.5. The topological polar surface area (TPSA) is 198 Å². The lowest BCUT2D eigenvalue weighted by Gasteiger charge is -2.35. The fourth-order valence-electron chi connectivity index (χ4n) is 6.96. The van der Waals surface area contributed by atoms with Crippen LogP contribution < -0.4 is 5.56 Å². The number of carbonyl (C=O) groups excluding carboxylic acids is 1. The van der Waals surface area contributed by atoms with Gasteiger partial charge in [0.15, 0.2) is 0 Å². The Labute approximate surface area is 324 Å². The minimum atomic E-state index is -1.74. The van der Waals surface area contributed by atoms with Crippen LogP contribution in [0.5, 0.6) is 5.75 Å². The number of phenolic OH excluding ortho intramolecular Hbond substituents is 1. The van der Waals surface area contributed by atoms with Gasteiger partial charge in [-0.25, -0.2) is 4.79 Å². The molecular weight excluding hydrogens is 733 g/mol. The third-order valence-electron chi connectivity index (χ3n) is 9.85. The number of H-pyrrole nitrogens is 1. The zero-order valence-corrected chi connectivity index (χ0v) is 32.4. The molecule has 4 aromatic rings. The van der Waals surface area contributed by atoms with Crippen LogP contribution in [0.4, 0.5) is 0 Å². The molecule has 14 heteroatoms. The number of aromatic nitrogens is 1. The van der Waals surface area contributed by atoms with Crippen molar-refractivity contribution in [3.8, 4) is 5.75 Å². The van der Waals surface area contributed by atoms with Crippen LogP contribution in [0.25, 0.3) is 10.9 Å². The van der Waals surface area contributed by atoms with E-state index in [0.717, 1.165) is 50.6 Å². The third-order valence-corrected chi connectivity index (χ3v) is 11.8. The van der Waals surface area contributed by atoms with E-state index in [4.69, 9.17) is 24.5 Å². The summed E-state index contributed by atoms with van der Waals surface area (Å²) in [7, 11) is 2.21. The largest absolute Gasteiger partial charge is 0.506 e. The molecule has 1 aliphatic rings. The third kappa shape index (κ3) is 13.0. The highest BCUT2D eigenvalue weighted by molar-refractivity contribution is 7.12.